The van der Waals surface area contributed by atoms with Crippen LogP contribution in [0.2, 0.25) is 0 Å². The molecule has 118 valence electrons. The third-order valence-electron chi connectivity index (χ3n) is 3.86. The standard InChI is InChI=1S/C15H28O5/c1-13-2-3-14-15(12-13)20-11-9-18-7-5-16-4-6-17-8-10-19-14/h13-15H,2-12H2,1H3. The van der Waals surface area contributed by atoms with Crippen molar-refractivity contribution in [3.8, 4) is 0 Å². The van der Waals surface area contributed by atoms with Gasteiger partial charge in [-0.25, -0.2) is 0 Å². The summed E-state index contributed by atoms with van der Waals surface area (Å²) >= 11 is 0. The van der Waals surface area contributed by atoms with Gasteiger partial charge in [-0.1, -0.05) is 6.92 Å². The molecule has 0 aromatic heterocycles. The zero-order chi connectivity index (χ0) is 14.0. The SMILES string of the molecule is CC1CCC2OCCOCCOCCOCCOC2C1. The summed E-state index contributed by atoms with van der Waals surface area (Å²) in [5.74, 6) is 0.715. The molecule has 0 amide bonds. The first-order valence-corrected chi connectivity index (χ1v) is 7.82. The Morgan fingerprint density at radius 3 is 1.70 bits per heavy atom. The van der Waals surface area contributed by atoms with Gasteiger partial charge in [0.05, 0.1) is 65.1 Å². The molecule has 0 radical (unpaired) electrons. The van der Waals surface area contributed by atoms with Crippen molar-refractivity contribution in [1.29, 1.82) is 0 Å². The predicted octanol–water partition coefficient (Wildman–Crippen LogP) is 1.64. The second-order valence-electron chi connectivity index (χ2n) is 5.57. The molecular weight excluding hydrogens is 260 g/mol. The predicted molar refractivity (Wildman–Crippen MR) is 75.0 cm³/mol. The highest BCUT2D eigenvalue weighted by Crippen LogP contribution is 2.28. The van der Waals surface area contributed by atoms with E-state index in [1.807, 2.05) is 0 Å². The van der Waals surface area contributed by atoms with Gasteiger partial charge in [-0.2, -0.15) is 0 Å². The Morgan fingerprint density at radius 2 is 1.10 bits per heavy atom. The van der Waals surface area contributed by atoms with Crippen LogP contribution >= 0.6 is 0 Å². The van der Waals surface area contributed by atoms with Gasteiger partial charge in [-0.05, 0) is 25.2 Å². The van der Waals surface area contributed by atoms with Gasteiger partial charge in [0.2, 0.25) is 0 Å². The minimum absolute atomic E-state index is 0.198. The molecule has 0 spiro atoms. The monoisotopic (exact) mass is 288 g/mol. The second kappa shape index (κ2) is 9.68. The Hall–Kier alpha value is -0.200. The normalized spacial score (nSPS) is 35.5. The van der Waals surface area contributed by atoms with Crippen LogP contribution in [-0.4, -0.2) is 65.1 Å². The molecule has 3 atom stereocenters. The number of hydrogen-bond donors (Lipinski definition) is 0. The lowest BCUT2D eigenvalue weighted by Crippen LogP contribution is -2.38. The first-order valence-electron chi connectivity index (χ1n) is 7.82. The summed E-state index contributed by atoms with van der Waals surface area (Å²) in [5, 5.41) is 0. The summed E-state index contributed by atoms with van der Waals surface area (Å²) < 4.78 is 28.2. The highest BCUT2D eigenvalue weighted by atomic mass is 16.6. The van der Waals surface area contributed by atoms with E-state index in [0.717, 1.165) is 12.8 Å². The molecule has 1 heterocycles. The summed E-state index contributed by atoms with van der Waals surface area (Å²) in [5.41, 5.74) is 0. The van der Waals surface area contributed by atoms with Gasteiger partial charge in [0, 0.05) is 0 Å². The van der Waals surface area contributed by atoms with Crippen molar-refractivity contribution < 1.29 is 23.7 Å². The molecule has 1 saturated carbocycles. The maximum absolute atomic E-state index is 5.96. The van der Waals surface area contributed by atoms with Crippen LogP contribution in [0.5, 0.6) is 0 Å². The first-order chi connectivity index (χ1) is 9.86. The van der Waals surface area contributed by atoms with E-state index in [2.05, 4.69) is 6.92 Å². The van der Waals surface area contributed by atoms with E-state index in [9.17, 15) is 0 Å². The van der Waals surface area contributed by atoms with Crippen molar-refractivity contribution in [3.63, 3.8) is 0 Å². The van der Waals surface area contributed by atoms with Gasteiger partial charge >= 0.3 is 0 Å². The Bertz CT molecular complexity index is 248. The van der Waals surface area contributed by atoms with Crippen molar-refractivity contribution in [2.24, 2.45) is 5.92 Å². The molecule has 20 heavy (non-hydrogen) atoms. The van der Waals surface area contributed by atoms with Crippen molar-refractivity contribution in [2.75, 3.05) is 52.9 Å². The lowest BCUT2D eigenvalue weighted by atomic mass is 9.86. The fraction of sp³-hybridized carbons (Fsp3) is 1.00. The molecule has 2 fully saturated rings. The van der Waals surface area contributed by atoms with Crippen LogP contribution in [0.15, 0.2) is 0 Å². The smallest absolute Gasteiger partial charge is 0.0840 e. The van der Waals surface area contributed by atoms with Crippen molar-refractivity contribution in [2.45, 2.75) is 38.4 Å². The van der Waals surface area contributed by atoms with Crippen molar-refractivity contribution in [3.05, 3.63) is 0 Å². The van der Waals surface area contributed by atoms with Gasteiger partial charge in [0.15, 0.2) is 0 Å². The molecule has 0 N–H and O–H groups in total. The molecule has 1 aliphatic heterocycles. The Balaban J connectivity index is 1.78. The largest absolute Gasteiger partial charge is 0.377 e. The van der Waals surface area contributed by atoms with Crippen LogP contribution in [0.4, 0.5) is 0 Å². The molecule has 5 heteroatoms. The van der Waals surface area contributed by atoms with E-state index in [0.29, 0.717) is 58.8 Å². The van der Waals surface area contributed by atoms with Gasteiger partial charge in [-0.3, -0.25) is 0 Å². The minimum atomic E-state index is 0.198. The number of hydrogen-bond acceptors (Lipinski definition) is 5. The molecular formula is C15H28O5. The molecule has 5 nitrogen and oxygen atoms in total. The Labute approximate surface area is 121 Å². The summed E-state index contributed by atoms with van der Waals surface area (Å²) in [6.07, 6.45) is 3.78. The van der Waals surface area contributed by atoms with E-state index >= 15 is 0 Å². The molecule has 2 rings (SSSR count). The van der Waals surface area contributed by atoms with E-state index in [-0.39, 0.29) is 12.2 Å². The third-order valence-corrected chi connectivity index (χ3v) is 3.86. The first kappa shape index (κ1) is 16.2. The van der Waals surface area contributed by atoms with Crippen LogP contribution in [0.3, 0.4) is 0 Å². The summed E-state index contributed by atoms with van der Waals surface area (Å²) in [4.78, 5) is 0. The van der Waals surface area contributed by atoms with Crippen LogP contribution in [0.1, 0.15) is 26.2 Å². The van der Waals surface area contributed by atoms with Crippen LogP contribution in [0.25, 0.3) is 0 Å². The molecule has 1 saturated heterocycles. The Kier molecular flexibility index (Phi) is 7.83. The number of fused-ring (bicyclic) bond motifs is 1. The highest BCUT2D eigenvalue weighted by molar-refractivity contribution is 4.80. The summed E-state index contributed by atoms with van der Waals surface area (Å²) in [6, 6.07) is 0. The fourth-order valence-electron chi connectivity index (χ4n) is 2.73. The molecule has 0 bridgehead atoms. The maximum atomic E-state index is 5.96. The molecule has 1 aliphatic carbocycles. The average Bonchev–Trinajstić information content (AvgIpc) is 2.45. The van der Waals surface area contributed by atoms with Crippen molar-refractivity contribution in [1.82, 2.24) is 0 Å². The van der Waals surface area contributed by atoms with Crippen LogP contribution in [-0.2, 0) is 23.7 Å². The van der Waals surface area contributed by atoms with E-state index in [1.165, 1.54) is 6.42 Å². The van der Waals surface area contributed by atoms with Gasteiger partial charge < -0.3 is 23.7 Å². The van der Waals surface area contributed by atoms with Gasteiger partial charge in [0.1, 0.15) is 0 Å². The maximum Gasteiger partial charge on any atom is 0.0840 e. The van der Waals surface area contributed by atoms with Crippen LogP contribution < -0.4 is 0 Å². The lowest BCUT2D eigenvalue weighted by Gasteiger charge is -2.34. The fourth-order valence-corrected chi connectivity index (χ4v) is 2.73. The van der Waals surface area contributed by atoms with Crippen LogP contribution in [0, 0.1) is 5.92 Å². The minimum Gasteiger partial charge on any atom is -0.377 e. The topological polar surface area (TPSA) is 46.2 Å². The van der Waals surface area contributed by atoms with E-state index in [1.54, 1.807) is 0 Å². The average molecular weight is 288 g/mol. The lowest BCUT2D eigenvalue weighted by molar-refractivity contribution is -0.116. The zero-order valence-corrected chi connectivity index (χ0v) is 12.6. The highest BCUT2D eigenvalue weighted by Gasteiger charge is 2.29. The second-order valence-corrected chi connectivity index (χ2v) is 5.57. The molecule has 3 unspecified atom stereocenters. The third kappa shape index (κ3) is 6.06. The number of rotatable bonds is 0. The zero-order valence-electron chi connectivity index (χ0n) is 12.6. The summed E-state index contributed by atoms with van der Waals surface area (Å²) in [7, 11) is 0. The number of ether oxygens (including phenoxy) is 5. The van der Waals surface area contributed by atoms with Gasteiger partial charge in [-0.15, -0.1) is 0 Å². The quantitative estimate of drug-likeness (QED) is 0.678. The van der Waals surface area contributed by atoms with Crippen molar-refractivity contribution >= 4 is 0 Å². The van der Waals surface area contributed by atoms with E-state index < -0.39 is 0 Å². The van der Waals surface area contributed by atoms with Gasteiger partial charge in [0.25, 0.3) is 0 Å². The van der Waals surface area contributed by atoms with E-state index in [4.69, 9.17) is 23.7 Å². The Morgan fingerprint density at radius 1 is 0.600 bits per heavy atom. The molecule has 2 aliphatic rings. The summed E-state index contributed by atoms with van der Waals surface area (Å²) in [6.45, 7) is 7.26. The molecule has 0 aromatic carbocycles. The molecule has 0 aromatic rings.